The van der Waals surface area contributed by atoms with Gasteiger partial charge in [-0.25, -0.2) is 0 Å². The van der Waals surface area contributed by atoms with Crippen molar-refractivity contribution in [3.8, 4) is 0 Å². The van der Waals surface area contributed by atoms with Crippen molar-refractivity contribution in [1.82, 2.24) is 0 Å². The maximum absolute atomic E-state index is 6.25. The normalized spacial score (nSPS) is 0.800. The second-order valence-corrected chi connectivity index (χ2v) is 0. The summed E-state index contributed by atoms with van der Waals surface area (Å²) in [6, 6.07) is 0. The molecule has 0 aromatic rings. The van der Waals surface area contributed by atoms with Crippen molar-refractivity contribution in [2.24, 2.45) is 0 Å². The van der Waals surface area contributed by atoms with Gasteiger partial charge in [0.25, 0.3) is 0 Å². The minimum absolute atomic E-state index is 0. The van der Waals surface area contributed by atoms with Crippen molar-refractivity contribution >= 4 is 0 Å². The van der Waals surface area contributed by atoms with Gasteiger partial charge in [0.2, 0.25) is 0 Å². The summed E-state index contributed by atoms with van der Waals surface area (Å²) < 4.78 is 0. The minimum Gasteiger partial charge on any atom is -0.512 e. The van der Waals surface area contributed by atoms with Gasteiger partial charge in [0, 0.05) is 0 Å². The third-order valence-electron chi connectivity index (χ3n) is 0. The molecule has 0 heterocycles. The van der Waals surface area contributed by atoms with Gasteiger partial charge in [-0.05, 0) is 0 Å². The third kappa shape index (κ3) is 49.8. The topological polar surface area (TPSA) is 47.6 Å². The maximum atomic E-state index is 6.25. The number of rotatable bonds is 0. The number of hydrogen-bond acceptors (Lipinski definition) is 2. The molecule has 0 aromatic carbocycles. The van der Waals surface area contributed by atoms with Crippen LogP contribution >= 0.6 is 0 Å². The minimum atomic E-state index is 0. The molecule has 0 bridgehead atoms. The molecule has 0 aliphatic carbocycles. The van der Waals surface area contributed by atoms with E-state index in [1.807, 2.05) is 0 Å². The standard InChI is InChI=1S/2CN.Li/c2*1-2;/q2*-1;+1. The summed E-state index contributed by atoms with van der Waals surface area (Å²) in [5.74, 6) is 0. The zero-order chi connectivity index (χ0) is 4.00. The van der Waals surface area contributed by atoms with Gasteiger partial charge in [0.1, 0.15) is 0 Å². The molecule has 0 spiro atoms. The van der Waals surface area contributed by atoms with Gasteiger partial charge in [-0.2, -0.15) is 0 Å². The van der Waals surface area contributed by atoms with Gasteiger partial charge in [-0.15, -0.1) is 0 Å². The van der Waals surface area contributed by atoms with E-state index in [4.69, 9.17) is 23.7 Å². The average Bonchev–Trinajstić information content (AvgIpc) is 1.50. The second kappa shape index (κ2) is 133. The molecule has 0 saturated carbocycles. The van der Waals surface area contributed by atoms with E-state index in [9.17, 15) is 0 Å². The molecule has 0 saturated heterocycles. The monoisotopic (exact) mass is 59.0 g/mol. The zero-order valence-electron chi connectivity index (χ0n) is 2.89. The Morgan fingerprint density at radius 2 is 0.800 bits per heavy atom. The predicted octanol–water partition coefficient (Wildman–Crippen LogP) is -2.80. The van der Waals surface area contributed by atoms with E-state index in [1.165, 1.54) is 0 Å². The second-order valence-electron chi connectivity index (χ2n) is 0. The van der Waals surface area contributed by atoms with Crippen LogP contribution in [0.2, 0.25) is 0 Å². The molecule has 0 aliphatic rings. The Kier molecular flexibility index (Phi) is 627. The van der Waals surface area contributed by atoms with Gasteiger partial charge in [-0.3, -0.25) is 0 Å². The van der Waals surface area contributed by atoms with Crippen LogP contribution in [0.1, 0.15) is 0 Å². The number of hydrogen-bond donors (Lipinski definition) is 0. The molecule has 0 fully saturated rings. The zero-order valence-corrected chi connectivity index (χ0v) is 2.89. The van der Waals surface area contributed by atoms with E-state index in [-0.39, 0.29) is 18.9 Å². The third-order valence-corrected chi connectivity index (χ3v) is 0. The summed E-state index contributed by atoms with van der Waals surface area (Å²) in [6.07, 6.45) is 0. The molecule has 0 amide bonds. The Morgan fingerprint density at radius 1 is 0.800 bits per heavy atom. The van der Waals surface area contributed by atoms with Crippen LogP contribution in [-0.4, -0.2) is 0 Å². The fourth-order valence-corrected chi connectivity index (χ4v) is 0. The first-order chi connectivity index (χ1) is 2.00. The number of nitrogens with zero attached hydrogens (tertiary/aromatic N) is 2. The van der Waals surface area contributed by atoms with E-state index in [0.29, 0.717) is 0 Å². The molecule has 3 heteroatoms. The summed E-state index contributed by atoms with van der Waals surface area (Å²) in [6.45, 7) is 9.50. The molecule has 2 nitrogen and oxygen atoms in total. The molecule has 0 atom stereocenters. The first kappa shape index (κ1) is 23.5. The summed E-state index contributed by atoms with van der Waals surface area (Å²) in [5, 5.41) is 12.5. The maximum Gasteiger partial charge on any atom is 1.00 e. The van der Waals surface area contributed by atoms with Crippen LogP contribution in [0.25, 0.3) is 0 Å². The Bertz CT molecular complexity index is 23.1. The van der Waals surface area contributed by atoms with Gasteiger partial charge in [0.05, 0.1) is 0 Å². The van der Waals surface area contributed by atoms with Crippen LogP contribution in [0.3, 0.4) is 0 Å². The van der Waals surface area contributed by atoms with E-state index >= 15 is 0 Å². The van der Waals surface area contributed by atoms with Crippen LogP contribution < -0.4 is 18.9 Å². The first-order valence-corrected chi connectivity index (χ1v) is 0.447. The summed E-state index contributed by atoms with van der Waals surface area (Å²) >= 11 is 0. The SMILES string of the molecule is [C-]#N.[C-]#N.[Li+]. The van der Waals surface area contributed by atoms with Crippen LogP contribution in [0.5, 0.6) is 0 Å². The molecular formula is C2LiN2-. The van der Waals surface area contributed by atoms with Crippen molar-refractivity contribution in [1.29, 1.82) is 10.5 Å². The smallest absolute Gasteiger partial charge is 0.512 e. The van der Waals surface area contributed by atoms with Gasteiger partial charge in [0.15, 0.2) is 0 Å². The van der Waals surface area contributed by atoms with Crippen molar-refractivity contribution in [3.05, 3.63) is 13.1 Å². The van der Waals surface area contributed by atoms with Crippen LogP contribution in [-0.2, 0) is 0 Å². The summed E-state index contributed by atoms with van der Waals surface area (Å²) in [4.78, 5) is 0. The average molecular weight is 59.0 g/mol. The van der Waals surface area contributed by atoms with E-state index in [0.717, 1.165) is 0 Å². The quantitative estimate of drug-likeness (QED) is 0.223. The Morgan fingerprint density at radius 3 is 0.800 bits per heavy atom. The van der Waals surface area contributed by atoms with Crippen molar-refractivity contribution in [3.63, 3.8) is 0 Å². The molecule has 0 aromatic heterocycles. The van der Waals surface area contributed by atoms with E-state index < -0.39 is 0 Å². The van der Waals surface area contributed by atoms with Crippen molar-refractivity contribution in [2.45, 2.75) is 0 Å². The Hall–Kier alpha value is -0.423. The predicted molar refractivity (Wildman–Crippen MR) is 9.94 cm³/mol. The molecule has 0 N–H and O–H groups in total. The van der Waals surface area contributed by atoms with Crippen molar-refractivity contribution in [2.75, 3.05) is 0 Å². The Labute approximate surface area is 43.2 Å². The summed E-state index contributed by atoms with van der Waals surface area (Å²) in [7, 11) is 0. The van der Waals surface area contributed by atoms with Gasteiger partial charge < -0.3 is 23.7 Å². The fourth-order valence-electron chi connectivity index (χ4n) is 0. The molecule has 0 rings (SSSR count). The summed E-state index contributed by atoms with van der Waals surface area (Å²) in [5.41, 5.74) is 0. The van der Waals surface area contributed by atoms with Crippen molar-refractivity contribution < 1.29 is 18.9 Å². The first-order valence-electron chi connectivity index (χ1n) is 0.447. The molecule has 0 aliphatic heterocycles. The van der Waals surface area contributed by atoms with Crippen LogP contribution in [0.15, 0.2) is 0 Å². The van der Waals surface area contributed by atoms with Gasteiger partial charge >= 0.3 is 18.9 Å². The molecular weight excluding hydrogens is 59.0 g/mol. The Balaban J connectivity index is -0.0000000133. The van der Waals surface area contributed by atoms with Gasteiger partial charge in [-0.1, -0.05) is 0 Å². The van der Waals surface area contributed by atoms with Crippen LogP contribution in [0.4, 0.5) is 0 Å². The molecule has 0 radical (unpaired) electrons. The largest absolute Gasteiger partial charge is 1.00 e. The van der Waals surface area contributed by atoms with E-state index in [2.05, 4.69) is 0 Å². The molecule has 5 heavy (non-hydrogen) atoms. The fraction of sp³-hybridized carbons (Fsp3) is 0. The molecule has 0 unspecified atom stereocenters. The van der Waals surface area contributed by atoms with E-state index in [1.54, 1.807) is 0 Å². The molecule has 20 valence electrons. The van der Waals surface area contributed by atoms with Crippen LogP contribution in [0, 0.1) is 23.7 Å².